The van der Waals surface area contributed by atoms with Gasteiger partial charge in [0, 0.05) is 0 Å². The Hall–Kier alpha value is -1.82. The van der Waals surface area contributed by atoms with Crippen molar-refractivity contribution in [1.82, 2.24) is 0 Å². The van der Waals surface area contributed by atoms with Gasteiger partial charge >= 0.3 is 0 Å². The molecule has 2 aromatic carbocycles. The second-order valence-electron chi connectivity index (χ2n) is 3.88. The molecule has 0 fully saturated rings. The molecule has 0 atom stereocenters. The quantitative estimate of drug-likeness (QED) is 0.551. The lowest BCUT2D eigenvalue weighted by molar-refractivity contribution is 1.26. The molecular weight excluding hydrogens is 180 g/mol. The Kier molecular flexibility index (Phi) is 1.75. The Bertz CT molecular complexity index is 535. The molecule has 0 heterocycles. The zero-order valence-electron chi connectivity index (χ0n) is 8.46. The maximum absolute atomic E-state index is 3.68. The Labute approximate surface area is 89.9 Å². The molecule has 1 aliphatic carbocycles. The fourth-order valence-corrected chi connectivity index (χ4v) is 2.26. The van der Waals surface area contributed by atoms with Crippen LogP contribution in [-0.2, 0) is 6.42 Å². The summed E-state index contributed by atoms with van der Waals surface area (Å²) in [6.45, 7) is 3.68. The largest absolute Gasteiger partial charge is 0.0906 e. The third kappa shape index (κ3) is 1.22. The van der Waals surface area contributed by atoms with Crippen LogP contribution in [-0.4, -0.2) is 0 Å². The molecule has 0 unspecified atom stereocenters. The van der Waals surface area contributed by atoms with Crippen LogP contribution in [0.15, 0.2) is 49.0 Å². The van der Waals surface area contributed by atoms with Crippen LogP contribution >= 0.6 is 0 Å². The first-order chi connectivity index (χ1) is 7.38. The number of fused-ring (bicyclic) bond motifs is 3. The molecule has 71 valence electrons. The topological polar surface area (TPSA) is 0 Å². The molecule has 0 aliphatic heterocycles. The molecule has 2 aromatic rings. The highest BCUT2D eigenvalue weighted by atomic mass is 14.2. The number of benzene rings is 2. The van der Waals surface area contributed by atoms with Gasteiger partial charge in [-0.25, -0.2) is 0 Å². The molecule has 0 aromatic heterocycles. The standard InChI is InChI=1S/C15H11/c1-2-11-7-8-15-13(9-11)10-12-5-3-4-6-14(12)15/h3-9H,1,10H2. The van der Waals surface area contributed by atoms with Gasteiger partial charge in [-0.1, -0.05) is 49.0 Å². The summed E-state index contributed by atoms with van der Waals surface area (Å²) in [5.41, 5.74) is 6.65. The molecule has 0 heteroatoms. The highest BCUT2D eigenvalue weighted by molar-refractivity contribution is 5.77. The summed E-state index contributed by atoms with van der Waals surface area (Å²) >= 11 is 0. The van der Waals surface area contributed by atoms with E-state index in [-0.39, 0.29) is 0 Å². The predicted octanol–water partition coefficient (Wildman–Crippen LogP) is 3.60. The third-order valence-corrected chi connectivity index (χ3v) is 3.00. The van der Waals surface area contributed by atoms with E-state index < -0.39 is 0 Å². The van der Waals surface area contributed by atoms with Crippen molar-refractivity contribution in [3.8, 4) is 11.1 Å². The van der Waals surface area contributed by atoms with Crippen LogP contribution in [0.3, 0.4) is 0 Å². The first-order valence-electron chi connectivity index (χ1n) is 5.13. The molecule has 0 saturated carbocycles. The van der Waals surface area contributed by atoms with Crippen molar-refractivity contribution in [2.45, 2.75) is 6.42 Å². The van der Waals surface area contributed by atoms with Gasteiger partial charge in [0.05, 0.1) is 0 Å². The van der Waals surface area contributed by atoms with Crippen molar-refractivity contribution in [2.24, 2.45) is 0 Å². The van der Waals surface area contributed by atoms with Crippen LogP contribution in [0.1, 0.15) is 16.7 Å². The van der Waals surface area contributed by atoms with Crippen LogP contribution in [0.25, 0.3) is 11.1 Å². The minimum atomic E-state index is 1.04. The Morgan fingerprint density at radius 3 is 2.60 bits per heavy atom. The molecule has 0 saturated heterocycles. The average molecular weight is 191 g/mol. The van der Waals surface area contributed by atoms with E-state index in [0.29, 0.717) is 0 Å². The molecule has 0 nitrogen and oxygen atoms in total. The van der Waals surface area contributed by atoms with E-state index >= 15 is 0 Å². The van der Waals surface area contributed by atoms with Crippen LogP contribution in [0.4, 0.5) is 0 Å². The predicted molar refractivity (Wildman–Crippen MR) is 62.7 cm³/mol. The molecule has 0 N–H and O–H groups in total. The average Bonchev–Trinajstić information content (AvgIpc) is 2.66. The van der Waals surface area contributed by atoms with Crippen LogP contribution in [0, 0.1) is 6.08 Å². The summed E-state index contributed by atoms with van der Waals surface area (Å²) < 4.78 is 0. The summed E-state index contributed by atoms with van der Waals surface area (Å²) in [6, 6.07) is 15.0. The molecule has 15 heavy (non-hydrogen) atoms. The molecule has 0 bridgehead atoms. The van der Waals surface area contributed by atoms with E-state index in [4.69, 9.17) is 0 Å². The van der Waals surface area contributed by atoms with Crippen LogP contribution < -0.4 is 0 Å². The third-order valence-electron chi connectivity index (χ3n) is 3.00. The van der Waals surface area contributed by atoms with E-state index in [1.54, 1.807) is 0 Å². The normalized spacial score (nSPS) is 12.0. The van der Waals surface area contributed by atoms with Gasteiger partial charge in [-0.15, -0.1) is 0 Å². The van der Waals surface area contributed by atoms with E-state index in [9.17, 15) is 0 Å². The summed E-state index contributed by atoms with van der Waals surface area (Å²) in [7, 11) is 0. The van der Waals surface area contributed by atoms with E-state index in [2.05, 4.69) is 55.1 Å². The lowest BCUT2D eigenvalue weighted by atomic mass is 10.0. The zero-order chi connectivity index (χ0) is 10.3. The fraction of sp³-hybridized carbons (Fsp3) is 0.0667. The van der Waals surface area contributed by atoms with Gasteiger partial charge in [-0.3, -0.25) is 0 Å². The minimum Gasteiger partial charge on any atom is -0.0906 e. The van der Waals surface area contributed by atoms with Gasteiger partial charge in [0.15, 0.2) is 0 Å². The number of hydrogen-bond donors (Lipinski definition) is 0. The van der Waals surface area contributed by atoms with Crippen LogP contribution in [0.2, 0.25) is 0 Å². The lowest BCUT2D eigenvalue weighted by Crippen LogP contribution is -1.81. The maximum atomic E-state index is 3.68. The number of hydrogen-bond acceptors (Lipinski definition) is 0. The molecular formula is C15H11. The van der Waals surface area contributed by atoms with E-state index in [0.717, 1.165) is 12.0 Å². The van der Waals surface area contributed by atoms with Gasteiger partial charge < -0.3 is 0 Å². The fourth-order valence-electron chi connectivity index (χ4n) is 2.26. The van der Waals surface area contributed by atoms with Gasteiger partial charge in [0.1, 0.15) is 0 Å². The zero-order valence-corrected chi connectivity index (χ0v) is 8.46. The summed E-state index contributed by atoms with van der Waals surface area (Å²) in [6.07, 6.45) is 3.98. The van der Waals surface area contributed by atoms with Crippen molar-refractivity contribution in [3.63, 3.8) is 0 Å². The molecule has 0 spiro atoms. The Morgan fingerprint density at radius 1 is 0.933 bits per heavy atom. The van der Waals surface area contributed by atoms with E-state index in [1.807, 2.05) is 0 Å². The first-order valence-corrected chi connectivity index (χ1v) is 5.13. The van der Waals surface area contributed by atoms with Crippen molar-refractivity contribution < 1.29 is 0 Å². The molecule has 1 aliphatic rings. The summed E-state index contributed by atoms with van der Waals surface area (Å²) in [4.78, 5) is 0. The second-order valence-corrected chi connectivity index (χ2v) is 3.88. The van der Waals surface area contributed by atoms with Gasteiger partial charge in [0.25, 0.3) is 0 Å². The maximum Gasteiger partial charge on any atom is -0.00132 e. The Balaban J connectivity index is 2.22. The van der Waals surface area contributed by atoms with Crippen molar-refractivity contribution in [2.75, 3.05) is 0 Å². The van der Waals surface area contributed by atoms with E-state index in [1.165, 1.54) is 22.3 Å². The van der Waals surface area contributed by atoms with Crippen molar-refractivity contribution in [3.05, 3.63) is 71.8 Å². The summed E-state index contributed by atoms with van der Waals surface area (Å²) in [5.74, 6) is 0. The minimum absolute atomic E-state index is 1.04. The van der Waals surface area contributed by atoms with Gasteiger partial charge in [0.2, 0.25) is 0 Å². The SMILES string of the molecule is C=[C]c1ccc2c(c1)Cc1ccccc1-2. The lowest BCUT2D eigenvalue weighted by Gasteiger charge is -2.00. The van der Waals surface area contributed by atoms with Crippen LogP contribution in [0.5, 0.6) is 0 Å². The van der Waals surface area contributed by atoms with Crippen molar-refractivity contribution in [1.29, 1.82) is 0 Å². The highest BCUT2D eigenvalue weighted by Crippen LogP contribution is 2.36. The monoisotopic (exact) mass is 191 g/mol. The second kappa shape index (κ2) is 3.09. The van der Waals surface area contributed by atoms with Gasteiger partial charge in [-0.05, 0) is 40.3 Å². The van der Waals surface area contributed by atoms with Gasteiger partial charge in [-0.2, -0.15) is 0 Å². The summed E-state index contributed by atoms with van der Waals surface area (Å²) in [5, 5.41) is 0. The highest BCUT2D eigenvalue weighted by Gasteiger charge is 2.16. The van der Waals surface area contributed by atoms with Crippen molar-refractivity contribution >= 4 is 0 Å². The molecule has 1 radical (unpaired) electrons. The Morgan fingerprint density at radius 2 is 1.73 bits per heavy atom. The number of rotatable bonds is 1. The first kappa shape index (κ1) is 8.49. The molecule has 0 amide bonds. The molecule has 3 rings (SSSR count). The smallest absolute Gasteiger partial charge is 0.00132 e.